The van der Waals surface area contributed by atoms with Crippen LogP contribution in [0.2, 0.25) is 0 Å². The van der Waals surface area contributed by atoms with Crippen LogP contribution in [0, 0.1) is 0 Å². The molecule has 0 saturated heterocycles. The third-order valence-corrected chi connectivity index (χ3v) is 2.81. The molecule has 0 fully saturated rings. The quantitative estimate of drug-likeness (QED) is 0.831. The van der Waals surface area contributed by atoms with Gasteiger partial charge in [0.05, 0.1) is 0 Å². The van der Waals surface area contributed by atoms with E-state index in [1.54, 1.807) is 17.8 Å². The molecule has 14 heavy (non-hydrogen) atoms. The minimum absolute atomic E-state index is 0.167. The highest BCUT2D eigenvalue weighted by Gasteiger charge is 2.10. The van der Waals surface area contributed by atoms with Crippen LogP contribution in [0.4, 0.5) is 0 Å². The second-order valence-electron chi connectivity index (χ2n) is 3.18. The standard InChI is InChI=1S/C10H13NO2S/c1-7(2)14-6-8-4-3-5-11-9(8)10(12)13/h3-5,7H,6H2,1-2H3,(H,12,13). The van der Waals surface area contributed by atoms with Gasteiger partial charge in [-0.15, -0.1) is 0 Å². The van der Waals surface area contributed by atoms with E-state index >= 15 is 0 Å². The molecular formula is C10H13NO2S. The van der Waals surface area contributed by atoms with E-state index in [9.17, 15) is 4.79 Å². The van der Waals surface area contributed by atoms with Crippen LogP contribution < -0.4 is 0 Å². The van der Waals surface area contributed by atoms with Gasteiger partial charge < -0.3 is 5.11 Å². The lowest BCUT2D eigenvalue weighted by Crippen LogP contribution is -2.05. The highest BCUT2D eigenvalue weighted by molar-refractivity contribution is 7.99. The van der Waals surface area contributed by atoms with Crippen molar-refractivity contribution < 1.29 is 9.90 Å². The maximum absolute atomic E-state index is 10.8. The molecule has 0 atom stereocenters. The number of aromatic nitrogens is 1. The number of aromatic carboxylic acids is 1. The molecule has 1 N–H and O–H groups in total. The summed E-state index contributed by atoms with van der Waals surface area (Å²) in [5.74, 6) is -0.252. The Morgan fingerprint density at radius 2 is 2.36 bits per heavy atom. The van der Waals surface area contributed by atoms with Crippen molar-refractivity contribution >= 4 is 17.7 Å². The molecule has 0 unspecified atom stereocenters. The number of carboxylic acid groups (broad SMARTS) is 1. The Labute approximate surface area is 87.6 Å². The summed E-state index contributed by atoms with van der Waals surface area (Å²) < 4.78 is 0. The molecule has 0 amide bonds. The molecule has 1 rings (SSSR count). The van der Waals surface area contributed by atoms with Crippen molar-refractivity contribution in [2.75, 3.05) is 0 Å². The second-order valence-corrected chi connectivity index (χ2v) is 4.74. The smallest absolute Gasteiger partial charge is 0.354 e. The van der Waals surface area contributed by atoms with Crippen molar-refractivity contribution in [1.82, 2.24) is 4.98 Å². The second kappa shape index (κ2) is 5.00. The minimum Gasteiger partial charge on any atom is -0.477 e. The first kappa shape index (κ1) is 11.0. The summed E-state index contributed by atoms with van der Waals surface area (Å²) in [6.45, 7) is 4.17. The molecule has 76 valence electrons. The number of nitrogens with zero attached hydrogens (tertiary/aromatic N) is 1. The highest BCUT2D eigenvalue weighted by atomic mass is 32.2. The Balaban J connectivity index is 2.79. The normalized spacial score (nSPS) is 10.5. The monoisotopic (exact) mass is 211 g/mol. The maximum Gasteiger partial charge on any atom is 0.354 e. The van der Waals surface area contributed by atoms with Crippen LogP contribution >= 0.6 is 11.8 Å². The van der Waals surface area contributed by atoms with E-state index in [0.29, 0.717) is 11.0 Å². The van der Waals surface area contributed by atoms with Crippen molar-refractivity contribution in [3.8, 4) is 0 Å². The average molecular weight is 211 g/mol. The lowest BCUT2D eigenvalue weighted by atomic mass is 10.2. The highest BCUT2D eigenvalue weighted by Crippen LogP contribution is 2.18. The van der Waals surface area contributed by atoms with Gasteiger partial charge in [0.25, 0.3) is 0 Å². The third kappa shape index (κ3) is 3.03. The van der Waals surface area contributed by atoms with Crippen molar-refractivity contribution in [3.63, 3.8) is 0 Å². The molecular weight excluding hydrogens is 198 g/mol. The van der Waals surface area contributed by atoms with Crippen molar-refractivity contribution in [3.05, 3.63) is 29.6 Å². The zero-order valence-corrected chi connectivity index (χ0v) is 9.04. The van der Waals surface area contributed by atoms with Crippen molar-refractivity contribution in [2.24, 2.45) is 0 Å². The summed E-state index contributed by atoms with van der Waals surface area (Å²) in [5, 5.41) is 9.36. The number of carboxylic acids is 1. The van der Waals surface area contributed by atoms with Gasteiger partial charge in [0.1, 0.15) is 0 Å². The molecule has 0 spiro atoms. The maximum atomic E-state index is 10.8. The lowest BCUT2D eigenvalue weighted by molar-refractivity contribution is 0.0689. The van der Waals surface area contributed by atoms with E-state index in [2.05, 4.69) is 18.8 Å². The average Bonchev–Trinajstić information content (AvgIpc) is 2.15. The Morgan fingerprint density at radius 3 is 2.93 bits per heavy atom. The van der Waals surface area contributed by atoms with Crippen LogP contribution in [-0.4, -0.2) is 21.3 Å². The van der Waals surface area contributed by atoms with Gasteiger partial charge in [0.15, 0.2) is 5.69 Å². The number of hydrogen-bond donors (Lipinski definition) is 1. The number of pyridine rings is 1. The molecule has 0 bridgehead atoms. The predicted octanol–water partition coefficient (Wildman–Crippen LogP) is 2.42. The molecule has 0 radical (unpaired) electrons. The fourth-order valence-electron chi connectivity index (χ4n) is 1.00. The summed E-state index contributed by atoms with van der Waals surface area (Å²) in [6.07, 6.45) is 1.51. The zero-order chi connectivity index (χ0) is 10.6. The first-order valence-corrected chi connectivity index (χ1v) is 5.45. The van der Waals surface area contributed by atoms with Gasteiger partial charge in [0.2, 0.25) is 0 Å². The van der Waals surface area contributed by atoms with Crippen molar-refractivity contribution in [1.29, 1.82) is 0 Å². The molecule has 0 aromatic carbocycles. The topological polar surface area (TPSA) is 50.2 Å². The fraction of sp³-hybridized carbons (Fsp3) is 0.400. The van der Waals surface area contributed by atoms with E-state index in [1.807, 2.05) is 6.07 Å². The lowest BCUT2D eigenvalue weighted by Gasteiger charge is -2.06. The predicted molar refractivity (Wildman–Crippen MR) is 57.6 cm³/mol. The van der Waals surface area contributed by atoms with Gasteiger partial charge in [-0.25, -0.2) is 9.78 Å². The van der Waals surface area contributed by atoms with Gasteiger partial charge in [-0.1, -0.05) is 19.9 Å². The largest absolute Gasteiger partial charge is 0.477 e. The summed E-state index contributed by atoms with van der Waals surface area (Å²) in [6, 6.07) is 3.58. The molecule has 0 aliphatic carbocycles. The zero-order valence-electron chi connectivity index (χ0n) is 8.23. The molecule has 4 heteroatoms. The van der Waals surface area contributed by atoms with Gasteiger partial charge >= 0.3 is 5.97 Å². The van der Waals surface area contributed by atoms with E-state index in [-0.39, 0.29) is 5.69 Å². The van der Waals surface area contributed by atoms with Crippen LogP contribution in [0.15, 0.2) is 18.3 Å². The summed E-state index contributed by atoms with van der Waals surface area (Å²) in [4.78, 5) is 14.6. The summed E-state index contributed by atoms with van der Waals surface area (Å²) >= 11 is 1.71. The Bertz CT molecular complexity index is 326. The minimum atomic E-state index is -0.954. The summed E-state index contributed by atoms with van der Waals surface area (Å²) in [5.41, 5.74) is 0.958. The van der Waals surface area contributed by atoms with Gasteiger partial charge in [-0.3, -0.25) is 0 Å². The van der Waals surface area contributed by atoms with Gasteiger partial charge in [-0.2, -0.15) is 11.8 Å². The number of thioether (sulfide) groups is 1. The Kier molecular flexibility index (Phi) is 3.95. The van der Waals surface area contributed by atoms with Crippen LogP contribution in [0.3, 0.4) is 0 Å². The van der Waals surface area contributed by atoms with Crippen LogP contribution in [0.25, 0.3) is 0 Å². The number of carbonyl (C=O) groups is 1. The molecule has 0 aliphatic heterocycles. The van der Waals surface area contributed by atoms with Crippen LogP contribution in [-0.2, 0) is 5.75 Å². The summed E-state index contributed by atoms with van der Waals surface area (Å²) in [7, 11) is 0. The first-order valence-electron chi connectivity index (χ1n) is 4.40. The third-order valence-electron chi connectivity index (χ3n) is 1.67. The van der Waals surface area contributed by atoms with Crippen LogP contribution in [0.1, 0.15) is 29.9 Å². The van der Waals surface area contributed by atoms with E-state index in [4.69, 9.17) is 5.11 Å². The molecule has 1 heterocycles. The Morgan fingerprint density at radius 1 is 1.64 bits per heavy atom. The molecule has 1 aromatic rings. The Hall–Kier alpha value is -1.03. The molecule has 0 aliphatic rings. The van der Waals surface area contributed by atoms with Gasteiger partial charge in [0, 0.05) is 11.9 Å². The number of rotatable bonds is 4. The van der Waals surface area contributed by atoms with E-state index in [1.165, 1.54) is 6.20 Å². The first-order chi connectivity index (χ1) is 6.61. The molecule has 0 saturated carbocycles. The fourth-order valence-corrected chi connectivity index (χ4v) is 1.75. The molecule has 1 aromatic heterocycles. The van der Waals surface area contributed by atoms with E-state index < -0.39 is 5.97 Å². The SMILES string of the molecule is CC(C)SCc1cccnc1C(=O)O. The van der Waals surface area contributed by atoms with Gasteiger partial charge in [-0.05, 0) is 16.9 Å². The number of hydrogen-bond acceptors (Lipinski definition) is 3. The van der Waals surface area contributed by atoms with E-state index in [0.717, 1.165) is 5.56 Å². The molecule has 3 nitrogen and oxygen atoms in total. The van der Waals surface area contributed by atoms with Crippen LogP contribution in [0.5, 0.6) is 0 Å². The van der Waals surface area contributed by atoms with Crippen molar-refractivity contribution in [2.45, 2.75) is 24.9 Å².